The molecule has 0 spiro atoms. The first-order valence-electron chi connectivity index (χ1n) is 8.47. The van der Waals surface area contributed by atoms with Gasteiger partial charge in [0.25, 0.3) is 0 Å². The number of benzene rings is 2. The monoisotopic (exact) mass is 377 g/mol. The van der Waals surface area contributed by atoms with Gasteiger partial charge in [0.05, 0.1) is 4.90 Å². The zero-order chi connectivity index (χ0) is 18.7. The molecule has 1 heterocycles. The minimum atomic E-state index is -3.64. The maximum atomic E-state index is 12.5. The number of nitrogens with one attached hydrogen (secondary N) is 1. The Hall–Kier alpha value is -2.25. The van der Waals surface area contributed by atoms with E-state index in [1.54, 1.807) is 6.07 Å². The number of hydrogen-bond acceptors (Lipinski definition) is 5. The van der Waals surface area contributed by atoms with E-state index in [0.717, 1.165) is 22.4 Å². The van der Waals surface area contributed by atoms with Crippen molar-refractivity contribution in [2.45, 2.75) is 25.7 Å². The maximum Gasteiger partial charge on any atom is 0.240 e. The average Bonchev–Trinajstić information content (AvgIpc) is 2.64. The van der Waals surface area contributed by atoms with Gasteiger partial charge in [-0.05, 0) is 49.6 Å². The molecule has 26 heavy (non-hydrogen) atoms. The predicted molar refractivity (Wildman–Crippen MR) is 98.8 cm³/mol. The summed E-state index contributed by atoms with van der Waals surface area (Å²) in [5.41, 5.74) is 3.24. The summed E-state index contributed by atoms with van der Waals surface area (Å²) in [6.07, 6.45) is 0. The van der Waals surface area contributed by atoms with Gasteiger partial charge in [0.1, 0.15) is 25.6 Å². The first kappa shape index (κ1) is 18.5. The Kier molecular flexibility index (Phi) is 5.38. The van der Waals surface area contributed by atoms with Crippen LogP contribution >= 0.6 is 0 Å². The van der Waals surface area contributed by atoms with Crippen LogP contribution in [0.15, 0.2) is 35.2 Å². The summed E-state index contributed by atoms with van der Waals surface area (Å²) in [6.45, 7) is 7.28. The van der Waals surface area contributed by atoms with E-state index in [1.165, 1.54) is 12.1 Å². The summed E-state index contributed by atoms with van der Waals surface area (Å²) in [6, 6.07) is 8.64. The number of sulfonamides is 1. The Morgan fingerprint density at radius 3 is 2.46 bits per heavy atom. The molecule has 0 atom stereocenters. The van der Waals surface area contributed by atoms with E-state index >= 15 is 0 Å². The number of hydrogen-bond donors (Lipinski definition) is 1. The average molecular weight is 377 g/mol. The van der Waals surface area contributed by atoms with Crippen LogP contribution in [-0.2, 0) is 10.0 Å². The Morgan fingerprint density at radius 2 is 1.69 bits per heavy atom. The second-order valence-electron chi connectivity index (χ2n) is 6.21. The molecule has 2 aromatic carbocycles. The van der Waals surface area contributed by atoms with E-state index in [9.17, 15) is 8.42 Å². The maximum absolute atomic E-state index is 12.5. The minimum Gasteiger partial charge on any atom is -0.492 e. The summed E-state index contributed by atoms with van der Waals surface area (Å²) in [5, 5.41) is 0. The van der Waals surface area contributed by atoms with Crippen molar-refractivity contribution in [2.75, 3.05) is 26.4 Å². The van der Waals surface area contributed by atoms with Gasteiger partial charge in [0, 0.05) is 12.6 Å². The Labute approximate surface area is 154 Å². The van der Waals surface area contributed by atoms with Gasteiger partial charge in [0.2, 0.25) is 10.0 Å². The molecule has 0 fully saturated rings. The zero-order valence-corrected chi connectivity index (χ0v) is 16.0. The summed E-state index contributed by atoms with van der Waals surface area (Å²) < 4.78 is 44.1. The highest BCUT2D eigenvalue weighted by atomic mass is 32.2. The summed E-state index contributed by atoms with van der Waals surface area (Å²) in [7, 11) is -3.64. The van der Waals surface area contributed by atoms with Crippen molar-refractivity contribution in [1.29, 1.82) is 0 Å². The van der Waals surface area contributed by atoms with Gasteiger partial charge in [-0.1, -0.05) is 12.1 Å². The topological polar surface area (TPSA) is 73.9 Å². The molecular weight excluding hydrogens is 354 g/mol. The van der Waals surface area contributed by atoms with Crippen LogP contribution in [-0.4, -0.2) is 34.8 Å². The lowest BCUT2D eigenvalue weighted by molar-refractivity contribution is 0.171. The fourth-order valence-electron chi connectivity index (χ4n) is 2.75. The molecule has 0 radical (unpaired) electrons. The van der Waals surface area contributed by atoms with Crippen molar-refractivity contribution in [3.05, 3.63) is 47.0 Å². The summed E-state index contributed by atoms with van der Waals surface area (Å²) in [5.74, 6) is 1.81. The van der Waals surface area contributed by atoms with Crippen LogP contribution in [0.2, 0.25) is 0 Å². The molecule has 3 rings (SSSR count). The van der Waals surface area contributed by atoms with Gasteiger partial charge in [0.15, 0.2) is 11.5 Å². The largest absolute Gasteiger partial charge is 0.492 e. The molecule has 0 saturated heterocycles. The molecule has 0 bridgehead atoms. The summed E-state index contributed by atoms with van der Waals surface area (Å²) in [4.78, 5) is 0.143. The molecule has 1 N–H and O–H groups in total. The molecule has 6 nitrogen and oxygen atoms in total. The fourth-order valence-corrected chi connectivity index (χ4v) is 3.78. The van der Waals surface area contributed by atoms with Crippen LogP contribution in [0.4, 0.5) is 0 Å². The standard InChI is InChI=1S/C19H23NO5S/c1-13-4-5-14(2)19(15(13)3)25-9-8-20-26(21,22)16-6-7-17-18(12-16)24-11-10-23-17/h4-7,12,20H,8-11H2,1-3H3. The second-order valence-corrected chi connectivity index (χ2v) is 7.97. The van der Waals surface area contributed by atoms with Crippen molar-refractivity contribution < 1.29 is 22.6 Å². The summed E-state index contributed by atoms with van der Waals surface area (Å²) >= 11 is 0. The molecular formula is C19H23NO5S. The van der Waals surface area contributed by atoms with Crippen LogP contribution in [0.1, 0.15) is 16.7 Å². The number of aryl methyl sites for hydroxylation is 2. The van der Waals surface area contributed by atoms with Gasteiger partial charge >= 0.3 is 0 Å². The van der Waals surface area contributed by atoms with E-state index in [0.29, 0.717) is 24.7 Å². The van der Waals surface area contributed by atoms with Gasteiger partial charge in [-0.15, -0.1) is 0 Å². The van der Waals surface area contributed by atoms with E-state index in [4.69, 9.17) is 14.2 Å². The lowest BCUT2D eigenvalue weighted by atomic mass is 10.1. The minimum absolute atomic E-state index is 0.143. The molecule has 0 aliphatic carbocycles. The normalized spacial score (nSPS) is 13.5. The van der Waals surface area contributed by atoms with Gasteiger partial charge < -0.3 is 14.2 Å². The third-order valence-electron chi connectivity index (χ3n) is 4.34. The molecule has 7 heteroatoms. The van der Waals surface area contributed by atoms with E-state index in [-0.39, 0.29) is 18.0 Å². The third kappa shape index (κ3) is 3.94. The van der Waals surface area contributed by atoms with E-state index in [2.05, 4.69) is 4.72 Å². The number of ether oxygens (including phenoxy) is 3. The third-order valence-corrected chi connectivity index (χ3v) is 5.80. The first-order chi connectivity index (χ1) is 12.4. The molecule has 0 amide bonds. The Morgan fingerprint density at radius 1 is 1.00 bits per heavy atom. The van der Waals surface area contributed by atoms with E-state index < -0.39 is 10.0 Å². The van der Waals surface area contributed by atoms with Crippen LogP contribution < -0.4 is 18.9 Å². The Balaban J connectivity index is 1.62. The fraction of sp³-hybridized carbons (Fsp3) is 0.368. The molecule has 0 unspecified atom stereocenters. The van der Waals surface area contributed by atoms with Crippen LogP contribution in [0.3, 0.4) is 0 Å². The lowest BCUT2D eigenvalue weighted by Gasteiger charge is -2.19. The second kappa shape index (κ2) is 7.55. The highest BCUT2D eigenvalue weighted by molar-refractivity contribution is 7.89. The van der Waals surface area contributed by atoms with Crippen molar-refractivity contribution in [2.24, 2.45) is 0 Å². The highest BCUT2D eigenvalue weighted by Gasteiger charge is 2.19. The van der Waals surface area contributed by atoms with Crippen molar-refractivity contribution in [3.63, 3.8) is 0 Å². The quantitative estimate of drug-likeness (QED) is 0.784. The van der Waals surface area contributed by atoms with Crippen LogP contribution in [0.25, 0.3) is 0 Å². The Bertz CT molecular complexity index is 908. The number of fused-ring (bicyclic) bond motifs is 1. The molecule has 2 aromatic rings. The van der Waals surface area contributed by atoms with E-state index in [1.807, 2.05) is 32.9 Å². The molecule has 1 aliphatic heterocycles. The van der Waals surface area contributed by atoms with Gasteiger partial charge in [-0.3, -0.25) is 0 Å². The van der Waals surface area contributed by atoms with Crippen molar-refractivity contribution in [1.82, 2.24) is 4.72 Å². The molecule has 0 aromatic heterocycles. The van der Waals surface area contributed by atoms with Crippen LogP contribution in [0, 0.1) is 20.8 Å². The van der Waals surface area contributed by atoms with Crippen molar-refractivity contribution >= 4 is 10.0 Å². The highest BCUT2D eigenvalue weighted by Crippen LogP contribution is 2.32. The number of rotatable bonds is 6. The van der Waals surface area contributed by atoms with Crippen LogP contribution in [0.5, 0.6) is 17.2 Å². The first-order valence-corrected chi connectivity index (χ1v) is 9.96. The van der Waals surface area contributed by atoms with Gasteiger partial charge in [-0.2, -0.15) is 0 Å². The SMILES string of the molecule is Cc1ccc(C)c(OCCNS(=O)(=O)c2ccc3c(c2)OCCO3)c1C. The molecule has 140 valence electrons. The molecule has 1 aliphatic rings. The predicted octanol–water partition coefficient (Wildman–Crippen LogP) is 2.74. The molecule has 0 saturated carbocycles. The van der Waals surface area contributed by atoms with Crippen molar-refractivity contribution in [3.8, 4) is 17.2 Å². The lowest BCUT2D eigenvalue weighted by Crippen LogP contribution is -2.28. The zero-order valence-electron chi connectivity index (χ0n) is 15.2. The van der Waals surface area contributed by atoms with Gasteiger partial charge in [-0.25, -0.2) is 13.1 Å². The smallest absolute Gasteiger partial charge is 0.240 e.